The number of hydrogen-bond donors (Lipinski definition) is 0. The highest BCUT2D eigenvalue weighted by molar-refractivity contribution is 5.91. The van der Waals surface area contributed by atoms with Crippen molar-refractivity contribution in [3.63, 3.8) is 0 Å². The summed E-state index contributed by atoms with van der Waals surface area (Å²) in [6.45, 7) is 7.63. The minimum atomic E-state index is -0.332. The predicted octanol–water partition coefficient (Wildman–Crippen LogP) is 7.95. The second-order valence-electron chi connectivity index (χ2n) is 9.70. The third kappa shape index (κ3) is 8.47. The van der Waals surface area contributed by atoms with Gasteiger partial charge in [-0.15, -0.1) is 0 Å². The van der Waals surface area contributed by atoms with Crippen LogP contribution in [0.1, 0.15) is 100 Å². The molecule has 2 aromatic carbocycles. The Morgan fingerprint density at radius 3 is 2.21 bits per heavy atom. The van der Waals surface area contributed by atoms with E-state index in [9.17, 15) is 4.79 Å². The molecule has 3 rings (SSSR count). The van der Waals surface area contributed by atoms with Crippen LogP contribution >= 0.6 is 0 Å². The van der Waals surface area contributed by atoms with Crippen LogP contribution in [0.25, 0.3) is 0 Å². The third-order valence-electron chi connectivity index (χ3n) is 6.75. The summed E-state index contributed by atoms with van der Waals surface area (Å²) in [5, 5.41) is 0. The first-order chi connectivity index (χ1) is 16.6. The fourth-order valence-electron chi connectivity index (χ4n) is 4.77. The largest absolute Gasteiger partial charge is 0.488 e. The van der Waals surface area contributed by atoms with E-state index in [1.165, 1.54) is 56.9 Å². The summed E-state index contributed by atoms with van der Waals surface area (Å²) >= 11 is 0. The minimum Gasteiger partial charge on any atom is -0.488 e. The van der Waals surface area contributed by atoms with E-state index in [0.29, 0.717) is 23.8 Å². The third-order valence-corrected chi connectivity index (χ3v) is 6.75. The van der Waals surface area contributed by atoms with Gasteiger partial charge in [0.2, 0.25) is 0 Å². The lowest BCUT2D eigenvalue weighted by molar-refractivity contribution is 0.0589. The van der Waals surface area contributed by atoms with Gasteiger partial charge in [0.15, 0.2) is 0 Å². The van der Waals surface area contributed by atoms with Gasteiger partial charge in [-0.2, -0.15) is 0 Å². The summed E-state index contributed by atoms with van der Waals surface area (Å²) in [6.07, 6.45) is 11.6. The van der Waals surface area contributed by atoms with Crippen molar-refractivity contribution in [1.29, 1.82) is 0 Å². The Labute approximate surface area is 206 Å². The Hall–Kier alpha value is -2.33. The van der Waals surface area contributed by atoms with Crippen LogP contribution in [0, 0.1) is 5.92 Å². The molecule has 0 aliphatic heterocycles. The maximum atomic E-state index is 12.6. The van der Waals surface area contributed by atoms with E-state index >= 15 is 0 Å². The first kappa shape index (κ1) is 26.3. The van der Waals surface area contributed by atoms with Crippen LogP contribution in [0.2, 0.25) is 0 Å². The summed E-state index contributed by atoms with van der Waals surface area (Å²) in [6, 6.07) is 15.2. The molecule has 186 valence electrons. The lowest BCUT2D eigenvalue weighted by atomic mass is 9.77. The lowest BCUT2D eigenvalue weighted by Gasteiger charge is -2.29. The Morgan fingerprint density at radius 1 is 0.882 bits per heavy atom. The van der Waals surface area contributed by atoms with Gasteiger partial charge in [0.25, 0.3) is 0 Å². The predicted molar refractivity (Wildman–Crippen MR) is 138 cm³/mol. The molecule has 0 saturated heterocycles. The van der Waals surface area contributed by atoms with Gasteiger partial charge in [0.1, 0.15) is 17.6 Å². The summed E-state index contributed by atoms with van der Waals surface area (Å²) in [7, 11) is 0. The molecule has 0 spiro atoms. The molecule has 2 aromatic rings. The first-order valence-electron chi connectivity index (χ1n) is 13.3. The van der Waals surface area contributed by atoms with Gasteiger partial charge >= 0.3 is 5.97 Å². The molecule has 0 aromatic heterocycles. The highest BCUT2D eigenvalue weighted by Crippen LogP contribution is 2.37. The molecule has 1 saturated carbocycles. The summed E-state index contributed by atoms with van der Waals surface area (Å²) < 4.78 is 16.9. The summed E-state index contributed by atoms with van der Waals surface area (Å²) in [5.74, 6) is 2.44. The molecule has 0 heterocycles. The standard InChI is InChI=1S/C30H42O4/c1-4-6-7-8-24-9-11-25(12-10-24)26-13-15-27(16-14-26)30(31)34-29-19-17-28(18-20-29)33-23(3)22-32-21-5-2/h13-20,23-25H,4-12,21-22H2,1-3H3/t23-,24?,25?/m0/s1. The molecule has 0 radical (unpaired) electrons. The molecule has 0 unspecified atom stereocenters. The first-order valence-corrected chi connectivity index (χ1v) is 13.3. The fraction of sp³-hybridized carbons (Fsp3) is 0.567. The van der Waals surface area contributed by atoms with Gasteiger partial charge in [0.05, 0.1) is 12.2 Å². The number of unbranched alkanes of at least 4 members (excludes halogenated alkanes) is 2. The van der Waals surface area contributed by atoms with Crippen LogP contribution in [-0.4, -0.2) is 25.3 Å². The number of hydrogen-bond acceptors (Lipinski definition) is 4. The molecule has 0 bridgehead atoms. The van der Waals surface area contributed by atoms with Crippen LogP contribution in [0.15, 0.2) is 48.5 Å². The zero-order valence-corrected chi connectivity index (χ0v) is 21.3. The van der Waals surface area contributed by atoms with Crippen LogP contribution in [0.5, 0.6) is 11.5 Å². The molecule has 0 amide bonds. The topological polar surface area (TPSA) is 44.8 Å². The van der Waals surface area contributed by atoms with Gasteiger partial charge in [0, 0.05) is 6.61 Å². The van der Waals surface area contributed by atoms with Crippen molar-refractivity contribution >= 4 is 5.97 Å². The molecule has 1 aliphatic rings. The number of benzene rings is 2. The van der Waals surface area contributed by atoms with Crippen molar-refractivity contribution in [1.82, 2.24) is 0 Å². The number of ether oxygens (including phenoxy) is 3. The van der Waals surface area contributed by atoms with E-state index in [1.54, 1.807) is 12.1 Å². The Kier molecular flexibility index (Phi) is 10.9. The quantitative estimate of drug-likeness (QED) is 0.171. The number of rotatable bonds is 13. The molecule has 0 N–H and O–H groups in total. The highest BCUT2D eigenvalue weighted by Gasteiger charge is 2.22. The molecular formula is C30H42O4. The summed E-state index contributed by atoms with van der Waals surface area (Å²) in [4.78, 5) is 12.6. The fourth-order valence-corrected chi connectivity index (χ4v) is 4.77. The Balaban J connectivity index is 1.45. The van der Waals surface area contributed by atoms with Gasteiger partial charge in [-0.05, 0) is 92.8 Å². The number of esters is 1. The average molecular weight is 467 g/mol. The van der Waals surface area contributed by atoms with Crippen molar-refractivity contribution in [3.05, 3.63) is 59.7 Å². The zero-order valence-electron chi connectivity index (χ0n) is 21.3. The average Bonchev–Trinajstić information content (AvgIpc) is 2.86. The van der Waals surface area contributed by atoms with Gasteiger partial charge < -0.3 is 14.2 Å². The van der Waals surface area contributed by atoms with Crippen molar-refractivity contribution in [2.45, 2.75) is 90.6 Å². The van der Waals surface area contributed by atoms with Gasteiger partial charge in [-0.1, -0.05) is 51.7 Å². The summed E-state index contributed by atoms with van der Waals surface area (Å²) in [5.41, 5.74) is 1.93. The molecule has 1 aliphatic carbocycles. The van der Waals surface area contributed by atoms with Crippen molar-refractivity contribution < 1.29 is 19.0 Å². The van der Waals surface area contributed by atoms with Crippen molar-refractivity contribution in [2.24, 2.45) is 5.92 Å². The SMILES string of the molecule is CCCCCC1CCC(c2ccc(C(=O)Oc3ccc(O[C@@H](C)COCCC)cc3)cc2)CC1. The molecule has 4 heteroatoms. The van der Waals surface area contributed by atoms with Crippen molar-refractivity contribution in [3.8, 4) is 11.5 Å². The Bertz CT molecular complexity index is 835. The van der Waals surface area contributed by atoms with E-state index in [1.807, 2.05) is 31.2 Å². The van der Waals surface area contributed by atoms with Gasteiger partial charge in [-0.25, -0.2) is 4.79 Å². The molecule has 1 fully saturated rings. The second-order valence-corrected chi connectivity index (χ2v) is 9.70. The molecule has 4 nitrogen and oxygen atoms in total. The van der Waals surface area contributed by atoms with E-state index in [4.69, 9.17) is 14.2 Å². The highest BCUT2D eigenvalue weighted by atomic mass is 16.5. The number of carbonyl (C=O) groups is 1. The minimum absolute atomic E-state index is 0.0328. The van der Waals surface area contributed by atoms with E-state index in [2.05, 4.69) is 26.0 Å². The second kappa shape index (κ2) is 14.2. The maximum Gasteiger partial charge on any atom is 0.343 e. The molecule has 1 atom stereocenters. The zero-order chi connectivity index (χ0) is 24.2. The van der Waals surface area contributed by atoms with Crippen molar-refractivity contribution in [2.75, 3.05) is 13.2 Å². The van der Waals surface area contributed by atoms with E-state index < -0.39 is 0 Å². The smallest absolute Gasteiger partial charge is 0.343 e. The monoisotopic (exact) mass is 466 g/mol. The Morgan fingerprint density at radius 2 is 1.56 bits per heavy atom. The molecular weight excluding hydrogens is 424 g/mol. The maximum absolute atomic E-state index is 12.6. The normalized spacial score (nSPS) is 18.9. The van der Waals surface area contributed by atoms with E-state index in [0.717, 1.165) is 24.7 Å². The van der Waals surface area contributed by atoms with Crippen LogP contribution in [0.4, 0.5) is 0 Å². The number of carbonyl (C=O) groups excluding carboxylic acids is 1. The van der Waals surface area contributed by atoms with Crippen LogP contribution in [-0.2, 0) is 4.74 Å². The lowest BCUT2D eigenvalue weighted by Crippen LogP contribution is -2.19. The van der Waals surface area contributed by atoms with Crippen LogP contribution in [0.3, 0.4) is 0 Å². The van der Waals surface area contributed by atoms with Crippen LogP contribution < -0.4 is 9.47 Å². The van der Waals surface area contributed by atoms with E-state index in [-0.39, 0.29) is 12.1 Å². The van der Waals surface area contributed by atoms with Gasteiger partial charge in [-0.3, -0.25) is 0 Å². The molecule has 34 heavy (non-hydrogen) atoms.